The summed E-state index contributed by atoms with van der Waals surface area (Å²) in [5.74, 6) is 0. The van der Waals surface area contributed by atoms with Gasteiger partial charge in [0.15, 0.2) is 0 Å². The molecular formula is C94H59BrS2. The summed E-state index contributed by atoms with van der Waals surface area (Å²) >= 11 is 7.74. The van der Waals surface area contributed by atoms with E-state index >= 15 is 0 Å². The molecule has 0 fully saturated rings. The number of fused-ring (bicyclic) bond motifs is 10. The molecule has 2 heterocycles. The van der Waals surface area contributed by atoms with Gasteiger partial charge in [-0.15, -0.1) is 22.7 Å². The van der Waals surface area contributed by atoms with E-state index in [1.807, 2.05) is 22.7 Å². The minimum absolute atomic E-state index is 1.17. The van der Waals surface area contributed by atoms with Crippen LogP contribution in [0.4, 0.5) is 0 Å². The minimum Gasteiger partial charge on any atom is -0.134 e. The largest absolute Gasteiger partial charge is 0.134 e. The van der Waals surface area contributed by atoms with Crippen LogP contribution in [0.2, 0.25) is 0 Å². The summed E-state index contributed by atoms with van der Waals surface area (Å²) in [4.78, 5) is 1.27. The lowest BCUT2D eigenvalue weighted by Crippen LogP contribution is -1.92. The fourth-order valence-electron chi connectivity index (χ4n) is 15.2. The monoisotopic (exact) mass is 1330 g/mol. The zero-order valence-electron chi connectivity index (χ0n) is 52.8. The van der Waals surface area contributed by atoms with Crippen LogP contribution in [-0.4, -0.2) is 0 Å². The molecule has 0 radical (unpaired) electrons. The van der Waals surface area contributed by atoms with Crippen LogP contribution in [0.1, 0.15) is 0 Å². The van der Waals surface area contributed by atoms with Crippen molar-refractivity contribution >= 4 is 123 Å². The highest BCUT2D eigenvalue weighted by Crippen LogP contribution is 2.57. The topological polar surface area (TPSA) is 0 Å². The Labute approximate surface area is 580 Å². The van der Waals surface area contributed by atoms with Crippen LogP contribution in [0.25, 0.3) is 184 Å². The van der Waals surface area contributed by atoms with E-state index in [1.165, 1.54) is 188 Å². The van der Waals surface area contributed by atoms with Gasteiger partial charge < -0.3 is 0 Å². The van der Waals surface area contributed by atoms with E-state index in [2.05, 4.69) is 374 Å². The Morgan fingerprint density at radius 3 is 0.907 bits per heavy atom. The van der Waals surface area contributed by atoms with Crippen LogP contribution in [0, 0.1) is 0 Å². The molecule has 0 N–H and O–H groups in total. The average molecular weight is 1330 g/mol. The average Bonchev–Trinajstić information content (AvgIpc) is 1.61. The number of rotatable bonds is 9. The first-order valence-electron chi connectivity index (χ1n) is 33.1. The van der Waals surface area contributed by atoms with Gasteiger partial charge in [-0.1, -0.05) is 340 Å². The lowest BCUT2D eigenvalue weighted by Gasteiger charge is -2.19. The summed E-state index contributed by atoms with van der Waals surface area (Å²) in [5, 5.41) is 17.8. The molecule has 17 aromatic carbocycles. The maximum Gasteiger partial charge on any atom is 0.0789 e. The molecule has 0 unspecified atom stereocenters. The third kappa shape index (κ3) is 10.2. The first-order valence-corrected chi connectivity index (χ1v) is 35.5. The molecule has 0 aliphatic carbocycles. The molecule has 19 aromatic rings. The van der Waals surface area contributed by atoms with E-state index in [0.717, 1.165) is 0 Å². The lowest BCUT2D eigenvalue weighted by atomic mass is 9.84. The molecule has 0 atom stereocenters. The lowest BCUT2D eigenvalue weighted by molar-refractivity contribution is 1.64. The summed E-state index contributed by atoms with van der Waals surface area (Å²) in [6, 6.07) is 131. The molecule has 454 valence electrons. The Kier molecular flexibility index (Phi) is 14.9. The maximum absolute atomic E-state index is 3.97. The molecule has 0 bridgehead atoms. The number of thiophene rings is 2. The maximum atomic E-state index is 3.97. The van der Waals surface area contributed by atoms with Crippen LogP contribution < -0.4 is 0 Å². The molecule has 97 heavy (non-hydrogen) atoms. The second kappa shape index (κ2) is 24.8. The number of halogens is 1. The van der Waals surface area contributed by atoms with Crippen molar-refractivity contribution in [3.63, 3.8) is 0 Å². The minimum atomic E-state index is 1.17. The third-order valence-electron chi connectivity index (χ3n) is 19.4. The Balaban J connectivity index is 0.000000161. The van der Waals surface area contributed by atoms with Gasteiger partial charge in [-0.25, -0.2) is 0 Å². The van der Waals surface area contributed by atoms with Crippen molar-refractivity contribution in [3.8, 4) is 99.5 Å². The highest BCUT2D eigenvalue weighted by molar-refractivity contribution is 9.11. The molecular weight excluding hydrogens is 1270 g/mol. The van der Waals surface area contributed by atoms with Crippen LogP contribution in [0.3, 0.4) is 0 Å². The molecule has 3 heteroatoms. The van der Waals surface area contributed by atoms with Gasteiger partial charge in [-0.05, 0) is 171 Å². The summed E-state index contributed by atoms with van der Waals surface area (Å²) in [7, 11) is 0. The Morgan fingerprint density at radius 2 is 0.474 bits per heavy atom. The molecule has 0 aliphatic rings. The zero-order valence-corrected chi connectivity index (χ0v) is 56.0. The van der Waals surface area contributed by atoms with E-state index in [0.29, 0.717) is 0 Å². The summed E-state index contributed by atoms with van der Waals surface area (Å²) in [5.41, 5.74) is 21.3. The predicted molar refractivity (Wildman–Crippen MR) is 425 cm³/mol. The molecule has 19 rings (SSSR count). The predicted octanol–water partition coefficient (Wildman–Crippen LogP) is 28.5. The highest BCUT2D eigenvalue weighted by atomic mass is 79.9. The standard InChI is InChI=1S/C60H38S.C34H21BrS/c1-5-20-40(21-6-1)53-47-29-15-16-30-48(47)54(41-22-7-2-8-23-41)52-38-46(35-36-51(52)53)59-57(43-26-11-4-12-27-43)58-50-32-18-17-31-49(50)55(45-34-33-39-19-13-14-28-44(39)37-45)56(60(58)61-59)42-24-9-3-10-25-42;35-34-31(24-14-5-2-6-15-24)32-28-18-10-9-17-27(28)29(26-20-19-22-11-7-8-16-25(22)21-26)30(33(32)36-34)23-12-3-1-4-13-23/h1-38H;1-21H. The molecule has 0 aliphatic heterocycles. The van der Waals surface area contributed by atoms with E-state index in [-0.39, 0.29) is 0 Å². The normalized spacial score (nSPS) is 11.6. The SMILES string of the molecule is Brc1sc2c(-c3ccccc3)c(-c3ccc4ccccc4c3)c3ccccc3c2c1-c1ccccc1.c1ccc(-c2c3ccccc3c(-c3ccccc3)c3cc(-c4sc5c(-c6ccccc6)c(-c6ccc7ccccc7c6)c6ccccc6c5c4-c4ccccc4)ccc23)cc1. The quantitative estimate of drug-likeness (QED) is 0.126. The van der Waals surface area contributed by atoms with Crippen molar-refractivity contribution in [1.29, 1.82) is 0 Å². The molecule has 0 saturated carbocycles. The van der Waals surface area contributed by atoms with E-state index in [4.69, 9.17) is 0 Å². The Bertz CT molecular complexity index is 6210. The first kappa shape index (κ1) is 58.3. The van der Waals surface area contributed by atoms with Crippen molar-refractivity contribution in [2.75, 3.05) is 0 Å². The van der Waals surface area contributed by atoms with Gasteiger partial charge in [0.05, 0.1) is 3.79 Å². The van der Waals surface area contributed by atoms with Gasteiger partial charge in [-0.2, -0.15) is 0 Å². The second-order valence-corrected chi connectivity index (χ2v) is 28.3. The second-order valence-electron chi connectivity index (χ2n) is 24.9. The third-order valence-corrected chi connectivity index (χ3v) is 22.5. The fourth-order valence-corrected chi connectivity index (χ4v) is 18.6. The van der Waals surface area contributed by atoms with Crippen molar-refractivity contribution in [2.24, 2.45) is 0 Å². The molecule has 0 nitrogen and oxygen atoms in total. The molecule has 2 aromatic heterocycles. The van der Waals surface area contributed by atoms with Crippen molar-refractivity contribution in [1.82, 2.24) is 0 Å². The van der Waals surface area contributed by atoms with Gasteiger partial charge in [0.2, 0.25) is 0 Å². The Morgan fingerprint density at radius 1 is 0.175 bits per heavy atom. The van der Waals surface area contributed by atoms with E-state index < -0.39 is 0 Å². The summed E-state index contributed by atoms with van der Waals surface area (Å²) in [6.07, 6.45) is 0. The van der Waals surface area contributed by atoms with Gasteiger partial charge in [0.1, 0.15) is 0 Å². The molecule has 0 spiro atoms. The van der Waals surface area contributed by atoms with E-state index in [1.54, 1.807) is 0 Å². The number of hydrogen-bond donors (Lipinski definition) is 0. The van der Waals surface area contributed by atoms with E-state index in [9.17, 15) is 0 Å². The molecule has 0 saturated heterocycles. The summed E-state index contributed by atoms with van der Waals surface area (Å²) in [6.45, 7) is 0. The van der Waals surface area contributed by atoms with Crippen LogP contribution in [-0.2, 0) is 0 Å². The van der Waals surface area contributed by atoms with Crippen molar-refractivity contribution < 1.29 is 0 Å². The Hall–Kier alpha value is -11.3. The fraction of sp³-hybridized carbons (Fsp3) is 0. The van der Waals surface area contributed by atoms with Crippen molar-refractivity contribution in [2.45, 2.75) is 0 Å². The smallest absolute Gasteiger partial charge is 0.0789 e. The first-order chi connectivity index (χ1) is 48.1. The van der Waals surface area contributed by atoms with Gasteiger partial charge in [-0.3, -0.25) is 0 Å². The number of hydrogen-bond acceptors (Lipinski definition) is 2. The van der Waals surface area contributed by atoms with Gasteiger partial charge in [0, 0.05) is 47.3 Å². The van der Waals surface area contributed by atoms with Crippen LogP contribution in [0.15, 0.2) is 362 Å². The zero-order chi connectivity index (χ0) is 64.3. The summed E-state index contributed by atoms with van der Waals surface area (Å²) < 4.78 is 3.78. The van der Waals surface area contributed by atoms with Crippen LogP contribution in [0.5, 0.6) is 0 Å². The van der Waals surface area contributed by atoms with Gasteiger partial charge in [0.25, 0.3) is 0 Å². The highest BCUT2D eigenvalue weighted by Gasteiger charge is 2.28. The molecule has 0 amide bonds. The van der Waals surface area contributed by atoms with Crippen LogP contribution >= 0.6 is 38.6 Å². The van der Waals surface area contributed by atoms with Crippen molar-refractivity contribution in [3.05, 3.63) is 362 Å². The number of benzene rings is 17. The van der Waals surface area contributed by atoms with Gasteiger partial charge >= 0.3 is 0 Å².